The zero-order valence-corrected chi connectivity index (χ0v) is 13.7. The molecule has 4 nitrogen and oxygen atoms in total. The summed E-state index contributed by atoms with van der Waals surface area (Å²) in [6.07, 6.45) is 0. The Kier molecular flexibility index (Phi) is 3.58. The third-order valence-electron chi connectivity index (χ3n) is 4.32. The molecule has 0 radical (unpaired) electrons. The predicted octanol–water partition coefficient (Wildman–Crippen LogP) is 4.24. The van der Waals surface area contributed by atoms with Crippen molar-refractivity contribution in [3.63, 3.8) is 0 Å². The fourth-order valence-electron chi connectivity index (χ4n) is 3.05. The van der Waals surface area contributed by atoms with E-state index in [0.717, 1.165) is 21.7 Å². The average molecular weight is 328 g/mol. The van der Waals surface area contributed by atoms with E-state index in [1.807, 2.05) is 61.5 Å². The smallest absolute Gasteiger partial charge is 0.255 e. The van der Waals surface area contributed by atoms with Crippen LogP contribution >= 0.6 is 0 Å². The van der Waals surface area contributed by atoms with Crippen molar-refractivity contribution in [2.75, 3.05) is 5.32 Å². The zero-order valence-electron chi connectivity index (χ0n) is 13.7. The van der Waals surface area contributed by atoms with E-state index < -0.39 is 0 Å². The SMILES string of the molecule is Cc1cc(=O)[nH]c2cc(NC(=O)c3ccc4ccccc4c3)ccc12. The number of amides is 1. The van der Waals surface area contributed by atoms with E-state index in [1.54, 1.807) is 12.1 Å². The Morgan fingerprint density at radius 3 is 2.56 bits per heavy atom. The standard InChI is InChI=1S/C21H16N2O2/c1-13-10-20(24)23-19-12-17(8-9-18(13)19)22-21(25)16-7-6-14-4-2-3-5-15(14)11-16/h2-12H,1H3,(H,22,25)(H,23,24). The number of carbonyl (C=O) groups excluding carboxylic acids is 1. The maximum absolute atomic E-state index is 12.5. The van der Waals surface area contributed by atoms with Crippen molar-refractivity contribution < 1.29 is 4.79 Å². The van der Waals surface area contributed by atoms with Gasteiger partial charge in [0.2, 0.25) is 5.56 Å². The van der Waals surface area contributed by atoms with Crippen molar-refractivity contribution in [1.29, 1.82) is 0 Å². The third kappa shape index (κ3) is 2.90. The average Bonchev–Trinajstić information content (AvgIpc) is 2.60. The van der Waals surface area contributed by atoms with E-state index in [-0.39, 0.29) is 11.5 Å². The summed E-state index contributed by atoms with van der Waals surface area (Å²) < 4.78 is 0. The van der Waals surface area contributed by atoms with Crippen LogP contribution in [0.1, 0.15) is 15.9 Å². The van der Waals surface area contributed by atoms with Crippen LogP contribution in [0.25, 0.3) is 21.7 Å². The highest BCUT2D eigenvalue weighted by atomic mass is 16.1. The van der Waals surface area contributed by atoms with Gasteiger partial charge < -0.3 is 10.3 Å². The second-order valence-corrected chi connectivity index (χ2v) is 6.09. The molecule has 0 saturated heterocycles. The van der Waals surface area contributed by atoms with Gasteiger partial charge in [-0.15, -0.1) is 0 Å². The van der Waals surface area contributed by atoms with Crippen LogP contribution in [-0.2, 0) is 0 Å². The number of fused-ring (bicyclic) bond motifs is 2. The van der Waals surface area contributed by atoms with Gasteiger partial charge in [0.1, 0.15) is 0 Å². The summed E-state index contributed by atoms with van der Waals surface area (Å²) in [7, 11) is 0. The Balaban J connectivity index is 1.67. The van der Waals surface area contributed by atoms with Crippen LogP contribution in [-0.4, -0.2) is 10.9 Å². The summed E-state index contributed by atoms with van der Waals surface area (Å²) in [4.78, 5) is 27.0. The van der Waals surface area contributed by atoms with Crippen molar-refractivity contribution in [2.24, 2.45) is 0 Å². The quantitative estimate of drug-likeness (QED) is 0.578. The fraction of sp³-hybridized carbons (Fsp3) is 0.0476. The van der Waals surface area contributed by atoms with Crippen LogP contribution in [0, 0.1) is 6.92 Å². The van der Waals surface area contributed by atoms with E-state index in [1.165, 1.54) is 0 Å². The first-order chi connectivity index (χ1) is 12.1. The minimum atomic E-state index is -0.180. The van der Waals surface area contributed by atoms with Gasteiger partial charge in [0.25, 0.3) is 5.91 Å². The second kappa shape index (κ2) is 5.91. The molecule has 1 heterocycles. The number of H-pyrrole nitrogens is 1. The number of aromatic nitrogens is 1. The highest BCUT2D eigenvalue weighted by Crippen LogP contribution is 2.21. The van der Waals surface area contributed by atoms with Gasteiger partial charge in [-0.05, 0) is 47.5 Å². The Morgan fingerprint density at radius 1 is 0.920 bits per heavy atom. The highest BCUT2D eigenvalue weighted by Gasteiger charge is 2.08. The van der Waals surface area contributed by atoms with Gasteiger partial charge in [-0.25, -0.2) is 0 Å². The molecule has 0 unspecified atom stereocenters. The van der Waals surface area contributed by atoms with Crippen LogP contribution in [0.4, 0.5) is 5.69 Å². The van der Waals surface area contributed by atoms with E-state index in [2.05, 4.69) is 10.3 Å². The van der Waals surface area contributed by atoms with Gasteiger partial charge in [-0.3, -0.25) is 9.59 Å². The lowest BCUT2D eigenvalue weighted by molar-refractivity contribution is 0.102. The lowest BCUT2D eigenvalue weighted by Gasteiger charge is -2.08. The van der Waals surface area contributed by atoms with Crippen LogP contribution < -0.4 is 10.9 Å². The number of hydrogen-bond donors (Lipinski definition) is 2. The number of anilines is 1. The number of rotatable bonds is 2. The molecule has 0 fully saturated rings. The maximum atomic E-state index is 12.5. The minimum absolute atomic E-state index is 0.150. The summed E-state index contributed by atoms with van der Waals surface area (Å²) in [5.74, 6) is -0.180. The fourth-order valence-corrected chi connectivity index (χ4v) is 3.05. The van der Waals surface area contributed by atoms with E-state index in [9.17, 15) is 9.59 Å². The van der Waals surface area contributed by atoms with Crippen LogP contribution in [0.5, 0.6) is 0 Å². The molecule has 2 N–H and O–H groups in total. The normalized spacial score (nSPS) is 10.9. The first kappa shape index (κ1) is 15.1. The van der Waals surface area contributed by atoms with Crippen LogP contribution in [0.15, 0.2) is 71.5 Å². The van der Waals surface area contributed by atoms with Crippen molar-refractivity contribution in [3.8, 4) is 0 Å². The highest BCUT2D eigenvalue weighted by molar-refractivity contribution is 6.07. The first-order valence-electron chi connectivity index (χ1n) is 8.04. The molecule has 0 saturated carbocycles. The molecule has 0 spiro atoms. The number of benzene rings is 3. The minimum Gasteiger partial charge on any atom is -0.322 e. The molecular weight excluding hydrogens is 312 g/mol. The molecule has 1 amide bonds. The van der Waals surface area contributed by atoms with Crippen LogP contribution in [0.3, 0.4) is 0 Å². The molecule has 4 aromatic rings. The Morgan fingerprint density at radius 2 is 1.72 bits per heavy atom. The molecule has 1 aromatic heterocycles. The molecule has 0 aliphatic rings. The number of hydrogen-bond acceptors (Lipinski definition) is 2. The summed E-state index contributed by atoms with van der Waals surface area (Å²) in [6, 6.07) is 20.6. The maximum Gasteiger partial charge on any atom is 0.255 e. The lowest BCUT2D eigenvalue weighted by Crippen LogP contribution is -2.12. The van der Waals surface area contributed by atoms with Crippen molar-refractivity contribution in [2.45, 2.75) is 6.92 Å². The molecule has 122 valence electrons. The molecule has 0 bridgehead atoms. The van der Waals surface area contributed by atoms with Crippen LogP contribution in [0.2, 0.25) is 0 Å². The Labute approximate surface area is 144 Å². The molecular formula is C21H16N2O2. The number of pyridine rings is 1. The number of aromatic amines is 1. The number of aryl methyl sites for hydroxylation is 1. The largest absolute Gasteiger partial charge is 0.322 e. The topological polar surface area (TPSA) is 62.0 Å². The van der Waals surface area contributed by atoms with E-state index in [4.69, 9.17) is 0 Å². The third-order valence-corrected chi connectivity index (χ3v) is 4.32. The molecule has 4 heteroatoms. The van der Waals surface area contributed by atoms with Gasteiger partial charge in [0.05, 0.1) is 5.52 Å². The number of nitrogens with one attached hydrogen (secondary N) is 2. The van der Waals surface area contributed by atoms with Gasteiger partial charge in [0, 0.05) is 22.7 Å². The zero-order chi connectivity index (χ0) is 17.4. The Bertz CT molecular complexity index is 1180. The van der Waals surface area contributed by atoms with Crippen molar-refractivity contribution in [1.82, 2.24) is 4.98 Å². The molecule has 3 aromatic carbocycles. The summed E-state index contributed by atoms with van der Waals surface area (Å²) in [5, 5.41) is 5.97. The van der Waals surface area contributed by atoms with Gasteiger partial charge in [0.15, 0.2) is 0 Å². The van der Waals surface area contributed by atoms with Crippen molar-refractivity contribution in [3.05, 3.63) is 88.2 Å². The summed E-state index contributed by atoms with van der Waals surface area (Å²) >= 11 is 0. The molecule has 0 aliphatic heterocycles. The monoisotopic (exact) mass is 328 g/mol. The van der Waals surface area contributed by atoms with E-state index >= 15 is 0 Å². The van der Waals surface area contributed by atoms with Gasteiger partial charge in [-0.2, -0.15) is 0 Å². The second-order valence-electron chi connectivity index (χ2n) is 6.09. The molecule has 0 atom stereocenters. The lowest BCUT2D eigenvalue weighted by atomic mass is 10.1. The summed E-state index contributed by atoms with van der Waals surface area (Å²) in [6.45, 7) is 1.89. The first-order valence-corrected chi connectivity index (χ1v) is 8.04. The Hall–Kier alpha value is -3.40. The predicted molar refractivity (Wildman–Crippen MR) is 101 cm³/mol. The molecule has 0 aliphatic carbocycles. The molecule has 25 heavy (non-hydrogen) atoms. The number of carbonyl (C=O) groups is 1. The summed E-state index contributed by atoms with van der Waals surface area (Å²) in [5.41, 5.74) is 2.71. The van der Waals surface area contributed by atoms with Crippen molar-refractivity contribution >= 4 is 33.3 Å². The van der Waals surface area contributed by atoms with Gasteiger partial charge in [-0.1, -0.05) is 36.4 Å². The van der Waals surface area contributed by atoms with Gasteiger partial charge >= 0.3 is 0 Å². The van der Waals surface area contributed by atoms with E-state index in [0.29, 0.717) is 16.8 Å². The molecule has 4 rings (SSSR count).